The Morgan fingerprint density at radius 1 is 0.383 bits per heavy atom. The SMILES string of the molecule is CCCCCCCCC#CC1=C(c2cc(CCCC)c(CCCC)c(CCCC)c2)[N+](=[N-])C(c2cc(CCCC)c(CCCC)c(CCCC)c2)=C1CCCCCCCC. The van der Waals surface area contributed by atoms with Gasteiger partial charge in [-0.05, 0) is 154 Å². The lowest BCUT2D eigenvalue weighted by atomic mass is 9.87. The number of benzene rings is 2. The zero-order valence-corrected chi connectivity index (χ0v) is 40.8. The van der Waals surface area contributed by atoms with Gasteiger partial charge in [0.2, 0.25) is 11.4 Å². The Labute approximate surface area is 372 Å². The molecule has 0 amide bonds. The van der Waals surface area contributed by atoms with Gasteiger partial charge in [-0.1, -0.05) is 170 Å². The maximum Gasteiger partial charge on any atom is 0.223 e. The van der Waals surface area contributed by atoms with E-state index in [2.05, 4.69) is 91.5 Å². The summed E-state index contributed by atoms with van der Waals surface area (Å²) in [5.74, 6) is 7.58. The van der Waals surface area contributed by atoms with Crippen LogP contribution in [0.5, 0.6) is 0 Å². The average Bonchev–Trinajstić information content (AvgIpc) is 3.53. The molecule has 0 bridgehead atoms. The second-order valence-corrected chi connectivity index (χ2v) is 18.4. The van der Waals surface area contributed by atoms with Crippen molar-refractivity contribution in [2.75, 3.05) is 0 Å². The molecule has 0 spiro atoms. The summed E-state index contributed by atoms with van der Waals surface area (Å²) < 4.78 is 1.66. The van der Waals surface area contributed by atoms with E-state index in [1.807, 2.05) is 0 Å². The van der Waals surface area contributed by atoms with E-state index in [0.717, 1.165) is 81.2 Å². The fraction of sp³-hybridized carbons (Fsp3) is 0.690. The smallest absolute Gasteiger partial charge is 0.223 e. The molecular weight excluding hydrogens is 725 g/mol. The van der Waals surface area contributed by atoms with Gasteiger partial charge in [-0.15, -0.1) is 0 Å². The monoisotopic (exact) mass is 817 g/mol. The minimum atomic E-state index is 0.919. The second kappa shape index (κ2) is 31.0. The Kier molecular flexibility index (Phi) is 26.6. The first-order valence-electron chi connectivity index (χ1n) is 26.2. The van der Waals surface area contributed by atoms with Crippen molar-refractivity contribution in [2.24, 2.45) is 0 Å². The number of unbranched alkanes of at least 4 members (excludes halogenated alkanes) is 17. The topological polar surface area (TPSA) is 25.3 Å². The summed E-state index contributed by atoms with van der Waals surface area (Å²) >= 11 is 0. The Morgan fingerprint density at radius 3 is 1.15 bits per heavy atom. The zero-order valence-electron chi connectivity index (χ0n) is 40.8. The predicted octanol–water partition coefficient (Wildman–Crippen LogP) is 18.4. The van der Waals surface area contributed by atoms with Crippen LogP contribution in [0.4, 0.5) is 0 Å². The van der Waals surface area contributed by atoms with Crippen molar-refractivity contribution in [1.82, 2.24) is 0 Å². The van der Waals surface area contributed by atoms with E-state index in [0.29, 0.717) is 0 Å². The molecule has 1 aliphatic heterocycles. The van der Waals surface area contributed by atoms with Crippen molar-refractivity contribution in [3.8, 4) is 11.8 Å². The van der Waals surface area contributed by atoms with Crippen LogP contribution in [0, 0.1) is 11.8 Å². The van der Waals surface area contributed by atoms with Gasteiger partial charge in [-0.2, -0.15) is 0 Å². The fourth-order valence-electron chi connectivity index (χ4n) is 9.35. The molecular formula is C58H92N2. The highest BCUT2D eigenvalue weighted by molar-refractivity contribution is 5.86. The molecule has 0 atom stereocenters. The number of aryl methyl sites for hydroxylation is 4. The van der Waals surface area contributed by atoms with Crippen molar-refractivity contribution in [2.45, 2.75) is 261 Å². The molecule has 2 aromatic carbocycles. The molecule has 0 radical (unpaired) electrons. The zero-order chi connectivity index (χ0) is 43.4. The molecule has 334 valence electrons. The van der Waals surface area contributed by atoms with Gasteiger partial charge in [0.15, 0.2) is 0 Å². The summed E-state index contributed by atoms with van der Waals surface area (Å²) in [4.78, 5) is 0. The molecule has 60 heavy (non-hydrogen) atoms. The molecule has 0 unspecified atom stereocenters. The van der Waals surface area contributed by atoms with Crippen LogP contribution in [0.2, 0.25) is 0 Å². The van der Waals surface area contributed by atoms with Crippen LogP contribution in [-0.4, -0.2) is 4.70 Å². The normalized spacial score (nSPS) is 12.9. The maximum atomic E-state index is 13.0. The Balaban J connectivity index is 2.37. The first kappa shape index (κ1) is 51.4. The number of allylic oxidation sites excluding steroid dienone is 2. The molecule has 0 fully saturated rings. The Morgan fingerprint density at radius 2 is 0.733 bits per heavy atom. The molecule has 1 aliphatic rings. The van der Waals surface area contributed by atoms with Crippen LogP contribution in [0.15, 0.2) is 35.4 Å². The molecule has 2 aromatic rings. The van der Waals surface area contributed by atoms with Crippen LogP contribution in [0.3, 0.4) is 0 Å². The number of nitrogens with zero attached hydrogens (tertiary/aromatic N) is 2. The molecule has 3 rings (SSSR count). The van der Waals surface area contributed by atoms with Gasteiger partial charge in [-0.3, -0.25) is 0 Å². The Bertz CT molecular complexity index is 1610. The molecule has 2 heteroatoms. The first-order valence-corrected chi connectivity index (χ1v) is 26.2. The molecule has 0 N–H and O–H groups in total. The van der Waals surface area contributed by atoms with E-state index in [1.165, 1.54) is 180 Å². The quantitative estimate of drug-likeness (QED) is 0.0390. The van der Waals surface area contributed by atoms with Gasteiger partial charge < -0.3 is 5.53 Å². The van der Waals surface area contributed by atoms with Gasteiger partial charge in [0.05, 0.1) is 0 Å². The first-order chi connectivity index (χ1) is 29.4. The minimum Gasteiger partial charge on any atom is -0.493 e. The summed E-state index contributed by atoms with van der Waals surface area (Å²) in [7, 11) is 0. The molecule has 0 saturated carbocycles. The summed E-state index contributed by atoms with van der Waals surface area (Å²) in [5, 5.41) is 0. The second-order valence-electron chi connectivity index (χ2n) is 18.4. The van der Waals surface area contributed by atoms with Crippen LogP contribution < -0.4 is 0 Å². The van der Waals surface area contributed by atoms with Crippen LogP contribution in [0.1, 0.15) is 267 Å². The van der Waals surface area contributed by atoms with E-state index in [9.17, 15) is 5.53 Å². The number of rotatable bonds is 33. The lowest BCUT2D eigenvalue weighted by Crippen LogP contribution is -2.09. The molecule has 2 nitrogen and oxygen atoms in total. The summed E-state index contributed by atoms with van der Waals surface area (Å²) in [6.45, 7) is 18.5. The third-order valence-electron chi connectivity index (χ3n) is 13.1. The van der Waals surface area contributed by atoms with E-state index >= 15 is 0 Å². The van der Waals surface area contributed by atoms with E-state index < -0.39 is 0 Å². The highest BCUT2D eigenvalue weighted by Gasteiger charge is 2.36. The summed E-state index contributed by atoms with van der Waals surface area (Å²) in [6, 6.07) is 9.99. The van der Waals surface area contributed by atoms with E-state index in [1.54, 1.807) is 15.8 Å². The van der Waals surface area contributed by atoms with Crippen molar-refractivity contribution >= 4 is 11.4 Å². The fourth-order valence-corrected chi connectivity index (χ4v) is 9.35. The largest absolute Gasteiger partial charge is 0.493 e. The van der Waals surface area contributed by atoms with Crippen molar-refractivity contribution < 1.29 is 4.70 Å². The standard InChI is InChI=1S/C58H92N2/c1-9-17-25-27-29-30-32-34-42-56-55(41-33-31-28-26-18-10-2)57(51-43-47(35-19-11-3)53(39-23-15-7)48(44-51)36-20-12-4)60(59)58(56)52-45-49(37-21-13-5)54(40-24-16-8)50(46-52)38-22-14-6/h43-46H,9-33,35-41H2,1-8H3. The van der Waals surface area contributed by atoms with Crippen LogP contribution >= 0.6 is 0 Å². The van der Waals surface area contributed by atoms with Crippen LogP contribution in [-0.2, 0) is 38.5 Å². The summed E-state index contributed by atoms with van der Waals surface area (Å²) in [6.07, 6.45) is 38.3. The maximum absolute atomic E-state index is 13.0. The van der Waals surface area contributed by atoms with Crippen molar-refractivity contribution in [3.05, 3.63) is 85.5 Å². The van der Waals surface area contributed by atoms with Crippen LogP contribution in [0.25, 0.3) is 16.9 Å². The summed E-state index contributed by atoms with van der Waals surface area (Å²) in [5.41, 5.74) is 29.0. The number of hydrogen-bond donors (Lipinski definition) is 0. The minimum absolute atomic E-state index is 0.919. The van der Waals surface area contributed by atoms with E-state index in [-0.39, 0.29) is 0 Å². The molecule has 0 aromatic heterocycles. The van der Waals surface area contributed by atoms with Crippen molar-refractivity contribution in [3.63, 3.8) is 0 Å². The third-order valence-corrected chi connectivity index (χ3v) is 13.1. The average molecular weight is 817 g/mol. The third kappa shape index (κ3) is 16.4. The van der Waals surface area contributed by atoms with Gasteiger partial charge >= 0.3 is 0 Å². The highest BCUT2D eigenvalue weighted by Crippen LogP contribution is 2.44. The van der Waals surface area contributed by atoms with Gasteiger partial charge in [0.1, 0.15) is 5.57 Å². The Hall–Kier alpha value is -2.92. The number of hydrogen-bond acceptors (Lipinski definition) is 0. The predicted molar refractivity (Wildman–Crippen MR) is 266 cm³/mol. The van der Waals surface area contributed by atoms with Gasteiger partial charge in [0.25, 0.3) is 0 Å². The van der Waals surface area contributed by atoms with Gasteiger partial charge in [0, 0.05) is 23.1 Å². The molecule has 0 saturated heterocycles. The lowest BCUT2D eigenvalue weighted by molar-refractivity contribution is -0.345. The highest BCUT2D eigenvalue weighted by atomic mass is 15.2. The lowest BCUT2D eigenvalue weighted by Gasteiger charge is -2.20. The van der Waals surface area contributed by atoms with Gasteiger partial charge in [-0.25, -0.2) is 4.70 Å². The van der Waals surface area contributed by atoms with E-state index in [4.69, 9.17) is 0 Å². The molecule has 1 heterocycles. The molecule has 0 aliphatic carbocycles. The van der Waals surface area contributed by atoms with Crippen molar-refractivity contribution in [1.29, 1.82) is 0 Å².